The Morgan fingerprint density at radius 2 is 1.79 bits per heavy atom. The molecule has 5 heteroatoms. The van der Waals surface area contributed by atoms with Gasteiger partial charge in [0.1, 0.15) is 5.60 Å². The third-order valence-corrected chi connectivity index (χ3v) is 8.02. The lowest BCUT2D eigenvalue weighted by Crippen LogP contribution is -2.51. The van der Waals surface area contributed by atoms with Crippen LogP contribution in [0.2, 0.25) is 0 Å². The summed E-state index contributed by atoms with van der Waals surface area (Å²) >= 11 is 4.16. The van der Waals surface area contributed by atoms with Crippen molar-refractivity contribution in [1.29, 1.82) is 0 Å². The normalized spacial score (nSPS) is 26.6. The second-order valence-corrected chi connectivity index (χ2v) is 10.9. The molecular weight excluding hydrogens is 338 g/mol. The maximum absolute atomic E-state index is 12.9. The van der Waals surface area contributed by atoms with Crippen LogP contribution in [0.15, 0.2) is 30.3 Å². The highest BCUT2D eigenvalue weighted by Gasteiger charge is 2.48. The molecule has 1 amide bonds. The van der Waals surface area contributed by atoms with Gasteiger partial charge in [-0.1, -0.05) is 30.3 Å². The molecule has 1 aromatic rings. The zero-order valence-electron chi connectivity index (χ0n) is 15.0. The van der Waals surface area contributed by atoms with Crippen LogP contribution in [0.5, 0.6) is 0 Å². The molecule has 0 radical (unpaired) electrons. The van der Waals surface area contributed by atoms with Gasteiger partial charge in [0.25, 0.3) is 0 Å². The summed E-state index contributed by atoms with van der Waals surface area (Å²) in [5.41, 5.74) is 0.742. The van der Waals surface area contributed by atoms with Gasteiger partial charge in [-0.3, -0.25) is 4.90 Å². The van der Waals surface area contributed by atoms with Gasteiger partial charge in [-0.15, -0.1) is 23.5 Å². The van der Waals surface area contributed by atoms with Crippen LogP contribution >= 0.6 is 23.5 Å². The fraction of sp³-hybridized carbons (Fsp3) is 0.632. The molecule has 3 nitrogen and oxygen atoms in total. The van der Waals surface area contributed by atoms with E-state index in [1.165, 1.54) is 17.1 Å². The van der Waals surface area contributed by atoms with Gasteiger partial charge in [-0.2, -0.15) is 0 Å². The van der Waals surface area contributed by atoms with Crippen molar-refractivity contribution in [3.05, 3.63) is 35.9 Å². The molecule has 2 saturated heterocycles. The first-order chi connectivity index (χ1) is 11.3. The second-order valence-electron chi connectivity index (χ2n) is 7.68. The minimum absolute atomic E-state index is 0.0860. The third-order valence-electron chi connectivity index (χ3n) is 4.52. The summed E-state index contributed by atoms with van der Waals surface area (Å²) in [7, 11) is 0. The summed E-state index contributed by atoms with van der Waals surface area (Å²) in [4.78, 5) is 14.9. The van der Waals surface area contributed by atoms with Crippen molar-refractivity contribution in [2.75, 3.05) is 11.5 Å². The molecule has 1 aromatic carbocycles. The van der Waals surface area contributed by atoms with Gasteiger partial charge in [-0.05, 0) is 46.1 Å². The largest absolute Gasteiger partial charge is 0.444 e. The first-order valence-corrected chi connectivity index (χ1v) is 10.6. The van der Waals surface area contributed by atoms with Gasteiger partial charge in [-0.25, -0.2) is 4.79 Å². The third kappa shape index (κ3) is 3.88. The van der Waals surface area contributed by atoms with E-state index < -0.39 is 5.60 Å². The van der Waals surface area contributed by atoms with Crippen LogP contribution < -0.4 is 0 Å². The quantitative estimate of drug-likeness (QED) is 0.673. The summed E-state index contributed by atoms with van der Waals surface area (Å²) in [5.74, 6) is 2.43. The molecule has 0 bridgehead atoms. The summed E-state index contributed by atoms with van der Waals surface area (Å²) < 4.78 is 5.97. The lowest BCUT2D eigenvalue weighted by atomic mass is 9.91. The van der Waals surface area contributed by atoms with E-state index in [0.29, 0.717) is 0 Å². The van der Waals surface area contributed by atoms with Crippen molar-refractivity contribution in [2.24, 2.45) is 0 Å². The van der Waals surface area contributed by atoms with E-state index in [2.05, 4.69) is 54.7 Å². The van der Waals surface area contributed by atoms with E-state index in [9.17, 15) is 4.79 Å². The van der Waals surface area contributed by atoms with Crippen molar-refractivity contribution in [3.8, 4) is 0 Å². The van der Waals surface area contributed by atoms with E-state index >= 15 is 0 Å². The molecule has 0 saturated carbocycles. The Hall–Kier alpha value is -0.810. The number of piperidine rings is 1. The van der Waals surface area contributed by atoms with E-state index in [-0.39, 0.29) is 22.3 Å². The fourth-order valence-electron chi connectivity index (χ4n) is 3.64. The Morgan fingerprint density at radius 3 is 2.38 bits per heavy atom. The van der Waals surface area contributed by atoms with Crippen molar-refractivity contribution in [1.82, 2.24) is 4.90 Å². The first-order valence-electron chi connectivity index (χ1n) is 8.64. The summed E-state index contributed by atoms with van der Waals surface area (Å²) in [6.45, 7) is 7.96. The zero-order valence-corrected chi connectivity index (χ0v) is 16.6. The zero-order chi connectivity index (χ0) is 17.4. The number of benzene rings is 1. The minimum Gasteiger partial charge on any atom is -0.444 e. The SMILES string of the molecule is C[C@@H]1CC2(C[C@@H](c3ccccc3)N1C(=O)OC(C)(C)C)SCCS2. The number of thioether (sulfide) groups is 2. The molecule has 3 rings (SSSR count). The Kier molecular flexibility index (Phi) is 5.12. The average Bonchev–Trinajstić information content (AvgIpc) is 2.93. The van der Waals surface area contributed by atoms with Crippen LogP contribution in [-0.4, -0.2) is 38.2 Å². The van der Waals surface area contributed by atoms with E-state index in [1.807, 2.05) is 31.7 Å². The molecule has 24 heavy (non-hydrogen) atoms. The van der Waals surface area contributed by atoms with Crippen LogP contribution in [0.3, 0.4) is 0 Å². The van der Waals surface area contributed by atoms with Gasteiger partial charge in [0, 0.05) is 17.5 Å². The smallest absolute Gasteiger partial charge is 0.411 e. The Bertz CT molecular complexity index is 579. The highest BCUT2D eigenvalue weighted by molar-refractivity contribution is 8.21. The molecule has 2 atom stereocenters. The van der Waals surface area contributed by atoms with E-state index in [0.717, 1.165) is 12.8 Å². The molecule has 0 unspecified atom stereocenters. The number of amides is 1. The number of rotatable bonds is 1. The summed E-state index contributed by atoms with van der Waals surface area (Å²) in [6, 6.07) is 10.7. The number of likely N-dealkylation sites (tertiary alicyclic amines) is 1. The van der Waals surface area contributed by atoms with Crippen molar-refractivity contribution < 1.29 is 9.53 Å². The van der Waals surface area contributed by atoms with Crippen molar-refractivity contribution in [3.63, 3.8) is 0 Å². The lowest BCUT2D eigenvalue weighted by molar-refractivity contribution is -0.00364. The van der Waals surface area contributed by atoms with Crippen LogP contribution in [0.4, 0.5) is 4.79 Å². The van der Waals surface area contributed by atoms with Crippen molar-refractivity contribution >= 4 is 29.6 Å². The topological polar surface area (TPSA) is 29.5 Å². The molecule has 2 aliphatic rings. The molecule has 0 N–H and O–H groups in total. The maximum atomic E-state index is 12.9. The summed E-state index contributed by atoms with van der Waals surface area (Å²) in [5, 5.41) is 0. The summed E-state index contributed by atoms with van der Waals surface area (Å²) in [6.07, 6.45) is 1.84. The molecule has 0 aliphatic carbocycles. The number of ether oxygens (including phenoxy) is 1. The number of hydrogen-bond acceptors (Lipinski definition) is 4. The van der Waals surface area contributed by atoms with Gasteiger partial charge in [0.2, 0.25) is 0 Å². The predicted molar refractivity (Wildman–Crippen MR) is 104 cm³/mol. The molecular formula is C19H27NO2S2. The van der Waals surface area contributed by atoms with Gasteiger partial charge in [0.15, 0.2) is 0 Å². The monoisotopic (exact) mass is 365 g/mol. The number of nitrogens with zero attached hydrogens (tertiary/aromatic N) is 1. The molecule has 0 aromatic heterocycles. The highest BCUT2D eigenvalue weighted by atomic mass is 32.2. The second kappa shape index (κ2) is 6.83. The Balaban J connectivity index is 1.91. The molecule has 2 fully saturated rings. The molecule has 1 spiro atoms. The van der Waals surface area contributed by atoms with Crippen LogP contribution in [-0.2, 0) is 4.74 Å². The van der Waals surface area contributed by atoms with Crippen LogP contribution in [0.1, 0.15) is 52.1 Å². The average molecular weight is 366 g/mol. The molecule has 2 aliphatic heterocycles. The van der Waals surface area contributed by atoms with Gasteiger partial charge < -0.3 is 4.74 Å². The Labute approximate surface area is 153 Å². The van der Waals surface area contributed by atoms with Crippen LogP contribution in [0.25, 0.3) is 0 Å². The van der Waals surface area contributed by atoms with Gasteiger partial charge >= 0.3 is 6.09 Å². The lowest BCUT2D eigenvalue weighted by Gasteiger charge is -2.48. The number of hydrogen-bond donors (Lipinski definition) is 0. The Morgan fingerprint density at radius 1 is 1.17 bits per heavy atom. The predicted octanol–water partition coefficient (Wildman–Crippen LogP) is 5.32. The van der Waals surface area contributed by atoms with Gasteiger partial charge in [0.05, 0.1) is 10.1 Å². The molecule has 2 heterocycles. The van der Waals surface area contributed by atoms with E-state index in [1.54, 1.807) is 0 Å². The highest BCUT2D eigenvalue weighted by Crippen LogP contribution is 2.56. The minimum atomic E-state index is -0.468. The fourth-order valence-corrected chi connectivity index (χ4v) is 7.15. The van der Waals surface area contributed by atoms with E-state index in [4.69, 9.17) is 4.74 Å². The maximum Gasteiger partial charge on any atom is 0.411 e. The van der Waals surface area contributed by atoms with Crippen LogP contribution in [0, 0.1) is 0 Å². The first kappa shape index (κ1) is 18.0. The standard InChI is InChI=1S/C19H27NO2S2/c1-14-12-19(23-10-11-24-19)13-16(15-8-6-5-7-9-15)20(14)17(21)22-18(2,3)4/h5-9,14,16H,10-13H2,1-4H3/t14-,16+/m1/s1. The number of carbonyl (C=O) groups excluding carboxylic acids is 1. The molecule has 132 valence electrons. The van der Waals surface area contributed by atoms with Crippen molar-refractivity contribution in [2.45, 2.75) is 62.3 Å². The number of carbonyl (C=O) groups is 1.